The lowest BCUT2D eigenvalue weighted by molar-refractivity contribution is 0.245. The SMILES string of the molecule is Cc1noc(C(C)NC(=O)Nc2cccc(-c3ccccc3)c2)n1. The molecule has 3 aromatic rings. The Morgan fingerprint density at radius 3 is 2.54 bits per heavy atom. The average molecular weight is 322 g/mol. The molecule has 2 amide bonds. The van der Waals surface area contributed by atoms with Crippen molar-refractivity contribution in [2.75, 3.05) is 5.32 Å². The molecular formula is C18H18N4O2. The third kappa shape index (κ3) is 3.78. The first kappa shape index (κ1) is 15.7. The fourth-order valence-corrected chi connectivity index (χ4v) is 2.32. The second kappa shape index (κ2) is 6.95. The van der Waals surface area contributed by atoms with Crippen LogP contribution in [0.15, 0.2) is 59.1 Å². The van der Waals surface area contributed by atoms with Gasteiger partial charge in [-0.25, -0.2) is 4.79 Å². The minimum Gasteiger partial charge on any atom is -0.337 e. The molecule has 24 heavy (non-hydrogen) atoms. The van der Waals surface area contributed by atoms with E-state index in [0.717, 1.165) is 11.1 Å². The molecule has 0 saturated carbocycles. The minimum absolute atomic E-state index is 0.330. The Balaban J connectivity index is 1.66. The van der Waals surface area contributed by atoms with Crippen LogP contribution in [-0.4, -0.2) is 16.2 Å². The molecule has 122 valence electrons. The number of anilines is 1. The predicted octanol–water partition coefficient (Wildman–Crippen LogP) is 3.93. The Hall–Kier alpha value is -3.15. The number of hydrogen-bond donors (Lipinski definition) is 2. The van der Waals surface area contributed by atoms with Gasteiger partial charge in [0.15, 0.2) is 5.82 Å². The molecule has 0 radical (unpaired) electrons. The third-order valence-electron chi connectivity index (χ3n) is 3.49. The fraction of sp³-hybridized carbons (Fsp3) is 0.167. The Labute approximate surface area is 139 Å². The second-order valence-corrected chi connectivity index (χ2v) is 5.45. The Bertz CT molecular complexity index is 830. The van der Waals surface area contributed by atoms with Crippen molar-refractivity contribution in [2.45, 2.75) is 19.9 Å². The number of hydrogen-bond acceptors (Lipinski definition) is 4. The van der Waals surface area contributed by atoms with Gasteiger partial charge in [-0.15, -0.1) is 0 Å². The standard InChI is InChI=1S/C18H18N4O2/c1-12(17-20-13(2)22-24-17)19-18(23)21-16-10-6-9-15(11-16)14-7-4-3-5-8-14/h3-12H,1-2H3,(H2,19,21,23). The van der Waals surface area contributed by atoms with Crippen molar-refractivity contribution in [3.63, 3.8) is 0 Å². The first-order valence-electron chi connectivity index (χ1n) is 7.65. The van der Waals surface area contributed by atoms with E-state index in [1.54, 1.807) is 13.8 Å². The van der Waals surface area contributed by atoms with E-state index in [0.29, 0.717) is 17.4 Å². The summed E-state index contributed by atoms with van der Waals surface area (Å²) in [5.41, 5.74) is 2.84. The quantitative estimate of drug-likeness (QED) is 0.762. The number of rotatable bonds is 4. The lowest BCUT2D eigenvalue weighted by Crippen LogP contribution is -2.31. The van der Waals surface area contributed by atoms with E-state index in [9.17, 15) is 4.79 Å². The van der Waals surface area contributed by atoms with Crippen molar-refractivity contribution in [1.82, 2.24) is 15.5 Å². The summed E-state index contributed by atoms with van der Waals surface area (Å²) < 4.78 is 5.05. The van der Waals surface area contributed by atoms with Gasteiger partial charge in [0.2, 0.25) is 5.89 Å². The molecule has 0 bridgehead atoms. The number of nitrogens with zero attached hydrogens (tertiary/aromatic N) is 2. The van der Waals surface area contributed by atoms with E-state index in [-0.39, 0.29) is 12.1 Å². The van der Waals surface area contributed by atoms with Gasteiger partial charge < -0.3 is 15.2 Å². The summed E-state index contributed by atoms with van der Waals surface area (Å²) in [7, 11) is 0. The van der Waals surface area contributed by atoms with Crippen LogP contribution < -0.4 is 10.6 Å². The van der Waals surface area contributed by atoms with Crippen molar-refractivity contribution in [1.29, 1.82) is 0 Å². The summed E-state index contributed by atoms with van der Waals surface area (Å²) in [4.78, 5) is 16.2. The zero-order valence-electron chi connectivity index (χ0n) is 13.5. The van der Waals surface area contributed by atoms with Gasteiger partial charge in [0.25, 0.3) is 0 Å². The highest BCUT2D eigenvalue weighted by Gasteiger charge is 2.15. The molecule has 0 spiro atoms. The van der Waals surface area contributed by atoms with E-state index >= 15 is 0 Å². The maximum Gasteiger partial charge on any atom is 0.319 e. The van der Waals surface area contributed by atoms with Crippen LogP contribution in [0.1, 0.15) is 24.7 Å². The summed E-state index contributed by atoms with van der Waals surface area (Å²) in [6, 6.07) is 17.0. The molecule has 6 nitrogen and oxygen atoms in total. The summed E-state index contributed by atoms with van der Waals surface area (Å²) >= 11 is 0. The van der Waals surface area contributed by atoms with Crippen LogP contribution in [0.2, 0.25) is 0 Å². The smallest absolute Gasteiger partial charge is 0.319 e. The average Bonchev–Trinajstić information content (AvgIpc) is 3.02. The molecule has 1 aromatic heterocycles. The number of aryl methyl sites for hydroxylation is 1. The van der Waals surface area contributed by atoms with Gasteiger partial charge >= 0.3 is 6.03 Å². The maximum absolute atomic E-state index is 12.1. The number of urea groups is 1. The largest absolute Gasteiger partial charge is 0.337 e. The molecule has 1 unspecified atom stereocenters. The highest BCUT2D eigenvalue weighted by atomic mass is 16.5. The van der Waals surface area contributed by atoms with E-state index in [1.165, 1.54) is 0 Å². The van der Waals surface area contributed by atoms with Gasteiger partial charge in [-0.3, -0.25) is 0 Å². The van der Waals surface area contributed by atoms with Crippen LogP contribution in [0.25, 0.3) is 11.1 Å². The van der Waals surface area contributed by atoms with Crippen LogP contribution in [0.4, 0.5) is 10.5 Å². The van der Waals surface area contributed by atoms with Crippen molar-refractivity contribution in [3.8, 4) is 11.1 Å². The van der Waals surface area contributed by atoms with Gasteiger partial charge in [0, 0.05) is 5.69 Å². The molecule has 2 N–H and O–H groups in total. The highest BCUT2D eigenvalue weighted by Crippen LogP contribution is 2.22. The fourth-order valence-electron chi connectivity index (χ4n) is 2.32. The number of carbonyl (C=O) groups is 1. The molecule has 6 heteroatoms. The van der Waals surface area contributed by atoms with E-state index < -0.39 is 0 Å². The molecule has 1 heterocycles. The van der Waals surface area contributed by atoms with Gasteiger partial charge in [0.1, 0.15) is 6.04 Å². The number of benzene rings is 2. The maximum atomic E-state index is 12.1. The Morgan fingerprint density at radius 1 is 1.08 bits per heavy atom. The molecule has 3 rings (SSSR count). The second-order valence-electron chi connectivity index (χ2n) is 5.45. The predicted molar refractivity (Wildman–Crippen MR) is 91.5 cm³/mol. The summed E-state index contributed by atoms with van der Waals surface area (Å²) in [5.74, 6) is 0.912. The van der Waals surface area contributed by atoms with Crippen molar-refractivity contribution in [2.24, 2.45) is 0 Å². The lowest BCUT2D eigenvalue weighted by Gasteiger charge is -2.12. The normalized spacial score (nSPS) is 11.8. The van der Waals surface area contributed by atoms with E-state index in [1.807, 2.05) is 54.6 Å². The molecule has 2 aromatic carbocycles. The molecular weight excluding hydrogens is 304 g/mol. The number of nitrogens with one attached hydrogen (secondary N) is 2. The van der Waals surface area contributed by atoms with Crippen LogP contribution in [0.3, 0.4) is 0 Å². The number of carbonyl (C=O) groups excluding carboxylic acids is 1. The summed E-state index contributed by atoms with van der Waals surface area (Å²) in [6.07, 6.45) is 0. The molecule has 0 fully saturated rings. The molecule has 0 aliphatic rings. The molecule has 0 aliphatic carbocycles. The zero-order chi connectivity index (χ0) is 16.9. The van der Waals surface area contributed by atoms with Gasteiger partial charge in [-0.1, -0.05) is 47.6 Å². The minimum atomic E-state index is -0.372. The monoisotopic (exact) mass is 322 g/mol. The van der Waals surface area contributed by atoms with E-state index in [2.05, 4.69) is 20.8 Å². The third-order valence-corrected chi connectivity index (χ3v) is 3.49. The lowest BCUT2D eigenvalue weighted by atomic mass is 10.1. The first-order valence-corrected chi connectivity index (χ1v) is 7.65. The molecule has 1 atom stereocenters. The summed E-state index contributed by atoms with van der Waals surface area (Å²) in [5, 5.41) is 9.31. The molecule has 0 aliphatic heterocycles. The molecule has 0 saturated heterocycles. The van der Waals surface area contributed by atoms with Crippen LogP contribution in [0.5, 0.6) is 0 Å². The van der Waals surface area contributed by atoms with Gasteiger partial charge in [0.05, 0.1) is 0 Å². The first-order chi connectivity index (χ1) is 11.6. The van der Waals surface area contributed by atoms with Gasteiger partial charge in [-0.05, 0) is 37.1 Å². The van der Waals surface area contributed by atoms with E-state index in [4.69, 9.17) is 4.52 Å². The number of amides is 2. The van der Waals surface area contributed by atoms with Crippen molar-refractivity contribution < 1.29 is 9.32 Å². The summed E-state index contributed by atoms with van der Waals surface area (Å²) in [6.45, 7) is 3.52. The topological polar surface area (TPSA) is 80.0 Å². The zero-order valence-corrected chi connectivity index (χ0v) is 13.5. The van der Waals surface area contributed by atoms with Gasteiger partial charge in [-0.2, -0.15) is 4.98 Å². The van der Waals surface area contributed by atoms with Crippen molar-refractivity contribution >= 4 is 11.7 Å². The van der Waals surface area contributed by atoms with Crippen LogP contribution in [0, 0.1) is 6.92 Å². The Kier molecular flexibility index (Phi) is 4.56. The Morgan fingerprint density at radius 2 is 1.83 bits per heavy atom. The van der Waals surface area contributed by atoms with Crippen LogP contribution >= 0.6 is 0 Å². The van der Waals surface area contributed by atoms with Crippen LogP contribution in [-0.2, 0) is 0 Å². The van der Waals surface area contributed by atoms with Crippen molar-refractivity contribution in [3.05, 3.63) is 66.3 Å². The highest BCUT2D eigenvalue weighted by molar-refractivity contribution is 5.90. The number of aromatic nitrogens is 2.